The van der Waals surface area contributed by atoms with Gasteiger partial charge < -0.3 is 28.9 Å². The van der Waals surface area contributed by atoms with Crippen LogP contribution in [0.3, 0.4) is 0 Å². The molecule has 14 rings (SSSR count). The SMILES string of the molecule is c1ccc(N2c3ccccc3B3c4ccccc4N4c5cc6c(cc5Oc5ccc2c3c54)Oc2ccc3c4c2B6c2ccccc2N4c2ccccc2O3)cc1. The molecule has 8 heteroatoms. The zero-order chi connectivity index (χ0) is 36.2. The Morgan fingerprint density at radius 1 is 0.304 bits per heavy atom. The largest absolute Gasteiger partial charge is 0.458 e. The average molecular weight is 715 g/mol. The summed E-state index contributed by atoms with van der Waals surface area (Å²) in [6, 6.07) is 58.4. The van der Waals surface area contributed by atoms with E-state index in [1.807, 2.05) is 18.2 Å². The summed E-state index contributed by atoms with van der Waals surface area (Å²) in [5, 5.41) is 0. The van der Waals surface area contributed by atoms with E-state index < -0.39 is 0 Å². The fourth-order valence-corrected chi connectivity index (χ4v) is 10.3. The van der Waals surface area contributed by atoms with Crippen molar-refractivity contribution in [3.8, 4) is 34.5 Å². The summed E-state index contributed by atoms with van der Waals surface area (Å²) in [6.07, 6.45) is 0. The molecule has 0 atom stereocenters. The molecule has 8 aromatic rings. The fraction of sp³-hybridized carbons (Fsp3) is 0. The van der Waals surface area contributed by atoms with Gasteiger partial charge in [-0.3, -0.25) is 0 Å². The van der Waals surface area contributed by atoms with Gasteiger partial charge in [0.25, 0.3) is 13.4 Å². The molecule has 0 saturated carbocycles. The Labute approximate surface area is 323 Å². The molecule has 8 aromatic carbocycles. The smallest absolute Gasteiger partial charge is 0.256 e. The summed E-state index contributed by atoms with van der Waals surface area (Å²) in [5.41, 5.74) is 17.2. The molecule has 0 bridgehead atoms. The molecule has 0 unspecified atom stereocenters. The van der Waals surface area contributed by atoms with Gasteiger partial charge in [-0.1, -0.05) is 84.9 Å². The first-order chi connectivity index (χ1) is 27.8. The van der Waals surface area contributed by atoms with Gasteiger partial charge in [0.2, 0.25) is 0 Å². The molecule has 56 heavy (non-hydrogen) atoms. The Morgan fingerprint density at radius 3 is 1.55 bits per heavy atom. The first-order valence-electron chi connectivity index (χ1n) is 19.2. The maximum Gasteiger partial charge on any atom is 0.256 e. The molecule has 0 fully saturated rings. The van der Waals surface area contributed by atoms with E-state index >= 15 is 0 Å². The van der Waals surface area contributed by atoms with Crippen molar-refractivity contribution < 1.29 is 14.2 Å². The number of benzene rings is 8. The Morgan fingerprint density at radius 2 is 0.821 bits per heavy atom. The first-order valence-corrected chi connectivity index (χ1v) is 19.2. The Hall–Kier alpha value is -7.31. The van der Waals surface area contributed by atoms with Crippen molar-refractivity contribution in [3.05, 3.63) is 164 Å². The van der Waals surface area contributed by atoms with E-state index in [0.717, 1.165) is 90.9 Å². The number of anilines is 9. The van der Waals surface area contributed by atoms with Gasteiger partial charge in [-0.2, -0.15) is 0 Å². The monoisotopic (exact) mass is 715 g/mol. The average Bonchev–Trinajstić information content (AvgIpc) is 3.26. The highest BCUT2D eigenvalue weighted by Crippen LogP contribution is 2.56. The molecule has 6 aliphatic rings. The van der Waals surface area contributed by atoms with Crippen molar-refractivity contribution in [2.45, 2.75) is 0 Å². The van der Waals surface area contributed by atoms with Crippen molar-refractivity contribution in [2.75, 3.05) is 14.7 Å². The van der Waals surface area contributed by atoms with E-state index in [1.54, 1.807) is 0 Å². The predicted octanol–water partition coefficient (Wildman–Crippen LogP) is 8.39. The molecule has 0 radical (unpaired) electrons. The van der Waals surface area contributed by atoms with E-state index in [0.29, 0.717) is 0 Å². The van der Waals surface area contributed by atoms with Gasteiger partial charge in [-0.15, -0.1) is 0 Å². The summed E-state index contributed by atoms with van der Waals surface area (Å²) in [7, 11) is 0. The minimum absolute atomic E-state index is 0.0344. The van der Waals surface area contributed by atoms with E-state index in [4.69, 9.17) is 14.2 Å². The Balaban J connectivity index is 1.02. The lowest BCUT2D eigenvalue weighted by molar-refractivity contribution is 0.456. The Kier molecular flexibility index (Phi) is 5.33. The maximum atomic E-state index is 7.00. The number of rotatable bonds is 1. The van der Waals surface area contributed by atoms with Crippen LogP contribution in [-0.2, 0) is 0 Å². The third kappa shape index (κ3) is 3.51. The van der Waals surface area contributed by atoms with E-state index in [-0.39, 0.29) is 13.4 Å². The van der Waals surface area contributed by atoms with Crippen LogP contribution in [0.25, 0.3) is 0 Å². The molecule has 0 saturated heterocycles. The van der Waals surface area contributed by atoms with Crippen LogP contribution >= 0.6 is 0 Å². The zero-order valence-electron chi connectivity index (χ0n) is 29.8. The second-order valence-electron chi connectivity index (χ2n) is 15.2. The highest BCUT2D eigenvalue weighted by Gasteiger charge is 2.49. The molecule has 0 amide bonds. The zero-order valence-corrected chi connectivity index (χ0v) is 29.8. The lowest BCUT2D eigenvalue weighted by atomic mass is 9.33. The van der Waals surface area contributed by atoms with Gasteiger partial charge in [-0.25, -0.2) is 0 Å². The van der Waals surface area contributed by atoms with Crippen molar-refractivity contribution in [3.63, 3.8) is 0 Å². The van der Waals surface area contributed by atoms with Crippen molar-refractivity contribution in [1.82, 2.24) is 0 Å². The lowest BCUT2D eigenvalue weighted by Gasteiger charge is -2.46. The quantitative estimate of drug-likeness (QED) is 0.159. The van der Waals surface area contributed by atoms with E-state index in [9.17, 15) is 0 Å². The van der Waals surface area contributed by atoms with Gasteiger partial charge in [0.1, 0.15) is 11.5 Å². The molecule has 258 valence electrons. The second-order valence-corrected chi connectivity index (χ2v) is 15.2. The van der Waals surface area contributed by atoms with Gasteiger partial charge in [-0.05, 0) is 100 Å². The second kappa shape index (κ2) is 10.3. The molecular formula is C48H27B2N3O3. The standard InChI is InChI=1S/C48H27B2N3O3/c1-2-12-28(13-3-1)51-33-17-7-4-14-29(33)49-30-15-5-9-19-35(30)53-38-26-32-43(27-44(38)56-41-23-22-37(51)45(49)47(41)53)55-40-24-25-42-48-46(40)50(32)31-16-6-8-18-34(31)52(48)36-20-10-11-21-39(36)54-42/h1-27H. The van der Waals surface area contributed by atoms with Gasteiger partial charge in [0, 0.05) is 40.0 Å². The molecule has 6 aliphatic heterocycles. The van der Waals surface area contributed by atoms with Gasteiger partial charge >= 0.3 is 0 Å². The van der Waals surface area contributed by atoms with Crippen molar-refractivity contribution in [1.29, 1.82) is 0 Å². The van der Waals surface area contributed by atoms with Crippen LogP contribution < -0.4 is 61.7 Å². The number of fused-ring (bicyclic) bond motifs is 14. The summed E-state index contributed by atoms with van der Waals surface area (Å²) in [6.45, 7) is -0.0539. The molecule has 6 nitrogen and oxygen atoms in total. The molecule has 6 heterocycles. The van der Waals surface area contributed by atoms with Crippen LogP contribution in [0.15, 0.2) is 164 Å². The summed E-state index contributed by atoms with van der Waals surface area (Å²) in [4.78, 5) is 7.22. The van der Waals surface area contributed by atoms with Crippen molar-refractivity contribution in [2.24, 2.45) is 0 Å². The lowest BCUT2D eigenvalue weighted by Crippen LogP contribution is -2.62. The minimum Gasteiger partial charge on any atom is -0.458 e. The summed E-state index contributed by atoms with van der Waals surface area (Å²) >= 11 is 0. The van der Waals surface area contributed by atoms with E-state index in [1.165, 1.54) is 27.5 Å². The number of ether oxygens (including phenoxy) is 3. The number of hydrogen-bond donors (Lipinski definition) is 0. The topological polar surface area (TPSA) is 37.4 Å². The van der Waals surface area contributed by atoms with Crippen LogP contribution in [0.5, 0.6) is 34.5 Å². The highest BCUT2D eigenvalue weighted by atomic mass is 16.5. The first kappa shape index (κ1) is 29.1. The molecule has 0 N–H and O–H groups in total. The van der Waals surface area contributed by atoms with Crippen molar-refractivity contribution >= 4 is 97.4 Å². The molecular weight excluding hydrogens is 688 g/mol. The van der Waals surface area contributed by atoms with Gasteiger partial charge in [0.05, 0.1) is 22.7 Å². The molecule has 0 aliphatic carbocycles. The van der Waals surface area contributed by atoms with Crippen LogP contribution in [-0.4, -0.2) is 13.4 Å². The van der Waals surface area contributed by atoms with Gasteiger partial charge in [0.15, 0.2) is 23.0 Å². The minimum atomic E-state index is -0.0883. The van der Waals surface area contributed by atoms with Crippen LogP contribution in [0, 0.1) is 0 Å². The molecule has 0 spiro atoms. The number of para-hydroxylation sites is 6. The van der Waals surface area contributed by atoms with E-state index in [2.05, 4.69) is 160 Å². The normalized spacial score (nSPS) is 14.7. The number of hydrogen-bond acceptors (Lipinski definition) is 6. The summed E-state index contributed by atoms with van der Waals surface area (Å²) in [5.74, 6) is 4.91. The highest BCUT2D eigenvalue weighted by molar-refractivity contribution is 7.01. The van der Waals surface area contributed by atoms with Crippen LogP contribution in [0.4, 0.5) is 51.2 Å². The van der Waals surface area contributed by atoms with Crippen LogP contribution in [0.1, 0.15) is 0 Å². The fourth-order valence-electron chi connectivity index (χ4n) is 10.3. The third-order valence-electron chi connectivity index (χ3n) is 12.5. The van der Waals surface area contributed by atoms with Crippen LogP contribution in [0.2, 0.25) is 0 Å². The maximum absolute atomic E-state index is 7.00. The third-order valence-corrected chi connectivity index (χ3v) is 12.5. The predicted molar refractivity (Wildman–Crippen MR) is 226 cm³/mol. The Bertz CT molecular complexity index is 3080. The molecule has 0 aromatic heterocycles. The number of nitrogens with zero attached hydrogens (tertiary/aromatic N) is 3. The summed E-state index contributed by atoms with van der Waals surface area (Å²) < 4.78 is 20.5.